The molecule has 1 aliphatic heterocycles. The predicted molar refractivity (Wildman–Crippen MR) is 83.0 cm³/mol. The number of ether oxygens (including phenoxy) is 1. The van der Waals surface area contributed by atoms with Crippen molar-refractivity contribution in [1.29, 1.82) is 5.26 Å². The number of carbonyl (C=O) groups is 1. The molecule has 0 saturated carbocycles. The summed E-state index contributed by atoms with van der Waals surface area (Å²) in [7, 11) is 1.35. The van der Waals surface area contributed by atoms with E-state index < -0.39 is 11.9 Å². The highest BCUT2D eigenvalue weighted by Crippen LogP contribution is 2.38. The van der Waals surface area contributed by atoms with Crippen LogP contribution in [0.1, 0.15) is 25.3 Å². The summed E-state index contributed by atoms with van der Waals surface area (Å²) in [5.74, 6) is -0.829. The average molecular weight is 347 g/mol. The Balaban J connectivity index is 2.63. The van der Waals surface area contributed by atoms with Gasteiger partial charge in [-0.15, -0.1) is 0 Å². The van der Waals surface area contributed by atoms with Crippen molar-refractivity contribution < 1.29 is 9.53 Å². The van der Waals surface area contributed by atoms with Gasteiger partial charge in [-0.2, -0.15) is 5.26 Å². The van der Waals surface area contributed by atoms with Crippen LogP contribution in [0.2, 0.25) is 0 Å². The fourth-order valence-electron chi connectivity index (χ4n) is 2.51. The van der Waals surface area contributed by atoms with Crippen LogP contribution in [0.5, 0.6) is 0 Å². The summed E-state index contributed by atoms with van der Waals surface area (Å²) in [6, 6.07) is 9.81. The lowest BCUT2D eigenvalue weighted by atomic mass is 9.81. The molecule has 2 rings (SSSR count). The molecule has 1 heterocycles. The summed E-state index contributed by atoms with van der Waals surface area (Å²) in [6.07, 6.45) is 0. The van der Waals surface area contributed by atoms with Gasteiger partial charge in [-0.3, -0.25) is 0 Å². The van der Waals surface area contributed by atoms with Gasteiger partial charge < -0.3 is 10.1 Å². The van der Waals surface area contributed by atoms with Crippen molar-refractivity contribution in [3.63, 3.8) is 0 Å². The predicted octanol–water partition coefficient (Wildman–Crippen LogP) is 3.38. The Morgan fingerprint density at radius 1 is 1.29 bits per heavy atom. The van der Waals surface area contributed by atoms with Crippen molar-refractivity contribution in [3.8, 4) is 6.07 Å². The second-order valence-corrected chi connectivity index (χ2v) is 5.71. The monoisotopic (exact) mass is 346 g/mol. The van der Waals surface area contributed by atoms with Gasteiger partial charge in [0.05, 0.1) is 30.2 Å². The molecule has 4 nitrogen and oxygen atoms in total. The lowest BCUT2D eigenvalue weighted by molar-refractivity contribution is -0.136. The number of nitrogens with one attached hydrogen (secondary N) is 1. The molecule has 5 heteroatoms. The van der Waals surface area contributed by atoms with Crippen LogP contribution >= 0.6 is 15.9 Å². The molecule has 1 N–H and O–H groups in total. The number of methoxy groups -OCH3 is 1. The van der Waals surface area contributed by atoms with Gasteiger partial charge in [0.25, 0.3) is 0 Å². The minimum Gasteiger partial charge on any atom is -0.466 e. The molecular formula is C16H15BrN2O2. The van der Waals surface area contributed by atoms with Crippen LogP contribution in [-0.2, 0) is 9.53 Å². The first kappa shape index (κ1) is 15.3. The molecule has 0 bridgehead atoms. The minimum absolute atomic E-state index is 0.406. The standard InChI is InChI=1S/C16H15BrN2O2/c1-9-13(8-18)15(11-4-6-12(17)7-5-11)14(10(2)19-9)16(20)21-3/h4-7,15,19H,1-3H3. The highest BCUT2D eigenvalue weighted by Gasteiger charge is 2.33. The van der Waals surface area contributed by atoms with E-state index in [0.717, 1.165) is 15.7 Å². The molecule has 1 atom stereocenters. The molecule has 0 radical (unpaired) electrons. The Hall–Kier alpha value is -2.06. The van der Waals surface area contributed by atoms with Crippen molar-refractivity contribution in [2.75, 3.05) is 7.11 Å². The molecule has 108 valence electrons. The molecule has 0 aliphatic carbocycles. The number of esters is 1. The summed E-state index contributed by atoms with van der Waals surface area (Å²) >= 11 is 3.39. The average Bonchev–Trinajstić information content (AvgIpc) is 2.46. The highest BCUT2D eigenvalue weighted by atomic mass is 79.9. The van der Waals surface area contributed by atoms with Crippen molar-refractivity contribution in [3.05, 3.63) is 56.8 Å². The van der Waals surface area contributed by atoms with Crippen LogP contribution in [0.3, 0.4) is 0 Å². The van der Waals surface area contributed by atoms with E-state index in [-0.39, 0.29) is 0 Å². The zero-order chi connectivity index (χ0) is 15.6. The van der Waals surface area contributed by atoms with Crippen molar-refractivity contribution in [2.24, 2.45) is 0 Å². The van der Waals surface area contributed by atoms with E-state index in [0.29, 0.717) is 16.8 Å². The maximum absolute atomic E-state index is 12.1. The van der Waals surface area contributed by atoms with Crippen LogP contribution in [0.15, 0.2) is 51.3 Å². The van der Waals surface area contributed by atoms with E-state index in [1.54, 1.807) is 0 Å². The fourth-order valence-corrected chi connectivity index (χ4v) is 2.78. The van der Waals surface area contributed by atoms with Gasteiger partial charge in [-0.05, 0) is 31.5 Å². The van der Waals surface area contributed by atoms with Gasteiger partial charge in [-0.25, -0.2) is 4.79 Å². The normalized spacial score (nSPS) is 18.1. The molecule has 1 aliphatic rings. The van der Waals surface area contributed by atoms with Gasteiger partial charge in [0, 0.05) is 15.9 Å². The van der Waals surface area contributed by atoms with Gasteiger partial charge in [0.1, 0.15) is 0 Å². The third kappa shape index (κ3) is 2.86. The highest BCUT2D eigenvalue weighted by molar-refractivity contribution is 9.10. The molecule has 1 aromatic carbocycles. The first-order chi connectivity index (χ1) is 9.99. The Bertz CT molecular complexity index is 681. The van der Waals surface area contributed by atoms with Crippen LogP contribution in [0.25, 0.3) is 0 Å². The van der Waals surface area contributed by atoms with Gasteiger partial charge in [0.2, 0.25) is 0 Å². The second kappa shape index (κ2) is 6.15. The summed E-state index contributed by atoms with van der Waals surface area (Å²) in [5.41, 5.74) is 3.36. The van der Waals surface area contributed by atoms with E-state index in [2.05, 4.69) is 27.3 Å². The summed E-state index contributed by atoms with van der Waals surface area (Å²) in [4.78, 5) is 12.1. The maximum Gasteiger partial charge on any atom is 0.336 e. The lowest BCUT2D eigenvalue weighted by Gasteiger charge is -2.28. The van der Waals surface area contributed by atoms with Crippen molar-refractivity contribution in [1.82, 2.24) is 5.32 Å². The third-order valence-electron chi connectivity index (χ3n) is 3.49. The number of benzene rings is 1. The third-order valence-corrected chi connectivity index (χ3v) is 4.02. The Kier molecular flexibility index (Phi) is 4.49. The van der Waals surface area contributed by atoms with Crippen LogP contribution in [0, 0.1) is 11.3 Å². The van der Waals surface area contributed by atoms with Crippen LogP contribution in [0.4, 0.5) is 0 Å². The lowest BCUT2D eigenvalue weighted by Crippen LogP contribution is -2.28. The number of dihydropyridines is 1. The van der Waals surface area contributed by atoms with Crippen LogP contribution < -0.4 is 5.32 Å². The van der Waals surface area contributed by atoms with E-state index in [4.69, 9.17) is 4.74 Å². The summed E-state index contributed by atoms with van der Waals surface area (Å²) < 4.78 is 5.83. The largest absolute Gasteiger partial charge is 0.466 e. The smallest absolute Gasteiger partial charge is 0.336 e. The first-order valence-corrected chi connectivity index (χ1v) is 7.21. The molecule has 21 heavy (non-hydrogen) atoms. The first-order valence-electron chi connectivity index (χ1n) is 6.42. The number of halogens is 1. The van der Waals surface area contributed by atoms with E-state index in [9.17, 15) is 10.1 Å². The Labute approximate surface area is 132 Å². The van der Waals surface area contributed by atoms with E-state index >= 15 is 0 Å². The SMILES string of the molecule is COC(=O)C1=C(C)NC(C)=C(C#N)C1c1ccc(Br)cc1. The molecule has 0 spiro atoms. The molecule has 1 unspecified atom stereocenters. The topological polar surface area (TPSA) is 62.1 Å². The Morgan fingerprint density at radius 2 is 1.90 bits per heavy atom. The minimum atomic E-state index is -0.423. The molecule has 0 amide bonds. The summed E-state index contributed by atoms with van der Waals surface area (Å²) in [6.45, 7) is 3.65. The number of nitriles is 1. The van der Waals surface area contributed by atoms with Gasteiger partial charge in [-0.1, -0.05) is 28.1 Å². The number of hydrogen-bond donors (Lipinski definition) is 1. The van der Waals surface area contributed by atoms with Crippen LogP contribution in [-0.4, -0.2) is 13.1 Å². The number of carbonyl (C=O) groups excluding carboxylic acids is 1. The van der Waals surface area contributed by atoms with E-state index in [1.165, 1.54) is 7.11 Å². The fraction of sp³-hybridized carbons (Fsp3) is 0.250. The summed E-state index contributed by atoms with van der Waals surface area (Å²) in [5, 5.41) is 12.6. The maximum atomic E-state index is 12.1. The zero-order valence-corrected chi connectivity index (χ0v) is 13.6. The molecule has 0 aromatic heterocycles. The van der Waals surface area contributed by atoms with Gasteiger partial charge in [0.15, 0.2) is 0 Å². The number of nitrogens with zero attached hydrogens (tertiary/aromatic N) is 1. The number of hydrogen-bond acceptors (Lipinski definition) is 4. The Morgan fingerprint density at radius 3 is 2.43 bits per heavy atom. The molecule has 0 saturated heterocycles. The van der Waals surface area contributed by atoms with Gasteiger partial charge >= 0.3 is 5.97 Å². The van der Waals surface area contributed by atoms with Crippen molar-refractivity contribution >= 4 is 21.9 Å². The second-order valence-electron chi connectivity index (χ2n) is 4.79. The number of rotatable bonds is 2. The quantitative estimate of drug-likeness (QED) is 0.833. The van der Waals surface area contributed by atoms with E-state index in [1.807, 2.05) is 38.1 Å². The van der Waals surface area contributed by atoms with Crippen molar-refractivity contribution in [2.45, 2.75) is 19.8 Å². The molecular weight excluding hydrogens is 332 g/mol. The molecule has 1 aromatic rings. The molecule has 0 fully saturated rings. The zero-order valence-electron chi connectivity index (χ0n) is 12.0. The number of allylic oxidation sites excluding steroid dienone is 3.